The summed E-state index contributed by atoms with van der Waals surface area (Å²) in [6.07, 6.45) is 0. The van der Waals surface area contributed by atoms with Crippen molar-refractivity contribution in [3.63, 3.8) is 0 Å². The van der Waals surface area contributed by atoms with E-state index in [-0.39, 0.29) is 0 Å². The molecule has 0 saturated carbocycles. The van der Waals surface area contributed by atoms with Crippen LogP contribution in [0.5, 0.6) is 0 Å². The molecule has 0 aliphatic rings. The maximum Gasteiger partial charge on any atom is 0.0541 e. The highest BCUT2D eigenvalue weighted by molar-refractivity contribution is 9.08. The van der Waals surface area contributed by atoms with Crippen LogP contribution in [0, 0.1) is 20.8 Å². The molecule has 0 atom stereocenters. The summed E-state index contributed by atoms with van der Waals surface area (Å²) in [6, 6.07) is 2.18. The average Bonchev–Trinajstić information content (AvgIpc) is 1.97. The summed E-state index contributed by atoms with van der Waals surface area (Å²) >= 11 is 3.40. The molecule has 0 aliphatic heterocycles. The van der Waals surface area contributed by atoms with Crippen LogP contribution in [0.4, 0.5) is 0 Å². The van der Waals surface area contributed by atoms with Gasteiger partial charge in [0.15, 0.2) is 0 Å². The molecule has 1 aromatic rings. The van der Waals surface area contributed by atoms with Crippen LogP contribution in [0.1, 0.15) is 22.5 Å². The smallest absolute Gasteiger partial charge is 0.0541 e. The van der Waals surface area contributed by atoms with E-state index in [1.54, 1.807) is 0 Å². The molecule has 0 saturated heterocycles. The maximum atomic E-state index is 4.44. The fraction of sp³-hybridized carbons (Fsp3) is 0.444. The van der Waals surface area contributed by atoms with Crippen molar-refractivity contribution in [2.45, 2.75) is 26.1 Å². The van der Waals surface area contributed by atoms with Crippen LogP contribution in [-0.4, -0.2) is 4.98 Å². The summed E-state index contributed by atoms with van der Waals surface area (Å²) in [5.74, 6) is 0. The molecule has 0 aromatic carbocycles. The molecule has 1 rings (SSSR count). The molecule has 0 aliphatic carbocycles. The number of hydrogen-bond donors (Lipinski definition) is 0. The number of hydrogen-bond acceptors (Lipinski definition) is 1. The summed E-state index contributed by atoms with van der Waals surface area (Å²) in [5, 5.41) is 0.847. The molecule has 0 spiro atoms. The highest BCUT2D eigenvalue weighted by Gasteiger charge is 2.00. The third kappa shape index (κ3) is 1.80. The van der Waals surface area contributed by atoms with Gasteiger partial charge in [-0.15, -0.1) is 0 Å². The average molecular weight is 214 g/mol. The van der Waals surface area contributed by atoms with Crippen LogP contribution >= 0.6 is 15.9 Å². The Morgan fingerprint density at radius 2 is 1.91 bits per heavy atom. The van der Waals surface area contributed by atoms with Crippen molar-refractivity contribution in [3.8, 4) is 0 Å². The zero-order chi connectivity index (χ0) is 8.43. The fourth-order valence-electron chi connectivity index (χ4n) is 1.03. The van der Waals surface area contributed by atoms with Crippen molar-refractivity contribution < 1.29 is 0 Å². The summed E-state index contributed by atoms with van der Waals surface area (Å²) < 4.78 is 0. The molecule has 0 N–H and O–H groups in total. The van der Waals surface area contributed by atoms with E-state index in [2.05, 4.69) is 40.8 Å². The molecular formula is C9H12BrN. The molecule has 0 bridgehead atoms. The van der Waals surface area contributed by atoms with Crippen LogP contribution in [0.25, 0.3) is 0 Å². The third-order valence-corrected chi connectivity index (χ3v) is 2.42. The Balaban J connectivity index is 3.21. The second kappa shape index (κ2) is 3.35. The lowest BCUT2D eigenvalue weighted by Gasteiger charge is -2.05. The molecule has 1 aromatic heterocycles. The van der Waals surface area contributed by atoms with Crippen molar-refractivity contribution >= 4 is 15.9 Å². The first-order valence-electron chi connectivity index (χ1n) is 3.65. The lowest BCUT2D eigenvalue weighted by molar-refractivity contribution is 1.05. The van der Waals surface area contributed by atoms with Crippen LogP contribution in [-0.2, 0) is 5.33 Å². The van der Waals surface area contributed by atoms with Gasteiger partial charge >= 0.3 is 0 Å². The first kappa shape index (κ1) is 8.72. The molecule has 0 amide bonds. The summed E-state index contributed by atoms with van der Waals surface area (Å²) in [4.78, 5) is 4.44. The van der Waals surface area contributed by atoms with Gasteiger partial charge in [-0.2, -0.15) is 0 Å². The normalized spacial score (nSPS) is 10.2. The highest BCUT2D eigenvalue weighted by Crippen LogP contribution is 2.13. The number of pyridine rings is 1. The van der Waals surface area contributed by atoms with Crippen molar-refractivity contribution in [1.29, 1.82) is 0 Å². The predicted molar refractivity (Wildman–Crippen MR) is 51.1 cm³/mol. The Bertz CT molecular complexity index is 269. The Labute approximate surface area is 76.0 Å². The van der Waals surface area contributed by atoms with E-state index < -0.39 is 0 Å². The van der Waals surface area contributed by atoms with Crippen LogP contribution in [0.2, 0.25) is 0 Å². The molecule has 2 heteroatoms. The first-order chi connectivity index (χ1) is 5.15. The Kier molecular flexibility index (Phi) is 2.66. The largest absolute Gasteiger partial charge is 0.257 e. The van der Waals surface area contributed by atoms with Crippen molar-refractivity contribution in [1.82, 2.24) is 4.98 Å². The van der Waals surface area contributed by atoms with Gasteiger partial charge in [0.1, 0.15) is 0 Å². The van der Waals surface area contributed by atoms with Crippen molar-refractivity contribution in [2.75, 3.05) is 0 Å². The lowest BCUT2D eigenvalue weighted by Crippen LogP contribution is -1.95. The van der Waals surface area contributed by atoms with Gasteiger partial charge in [0.2, 0.25) is 0 Å². The Hall–Kier alpha value is -0.370. The summed E-state index contributed by atoms with van der Waals surface area (Å²) in [5.41, 5.74) is 4.82. The zero-order valence-corrected chi connectivity index (χ0v) is 8.70. The van der Waals surface area contributed by atoms with E-state index in [1.165, 1.54) is 11.1 Å². The maximum absolute atomic E-state index is 4.44. The van der Waals surface area contributed by atoms with E-state index in [1.807, 2.05) is 6.92 Å². The van der Waals surface area contributed by atoms with E-state index >= 15 is 0 Å². The second-order valence-electron chi connectivity index (χ2n) is 2.79. The van der Waals surface area contributed by atoms with Crippen molar-refractivity contribution in [2.24, 2.45) is 0 Å². The van der Waals surface area contributed by atoms with E-state index in [0.29, 0.717) is 0 Å². The van der Waals surface area contributed by atoms with Crippen molar-refractivity contribution in [3.05, 3.63) is 28.6 Å². The monoisotopic (exact) mass is 213 g/mol. The van der Waals surface area contributed by atoms with E-state index in [4.69, 9.17) is 0 Å². The number of rotatable bonds is 1. The van der Waals surface area contributed by atoms with Gasteiger partial charge in [-0.05, 0) is 31.9 Å². The van der Waals surface area contributed by atoms with E-state index in [9.17, 15) is 0 Å². The van der Waals surface area contributed by atoms with Crippen LogP contribution in [0.15, 0.2) is 6.07 Å². The SMILES string of the molecule is Cc1cc(C)c(CBr)nc1C. The molecule has 60 valence electrons. The molecule has 1 heterocycles. The van der Waals surface area contributed by atoms with Gasteiger partial charge in [0.05, 0.1) is 5.69 Å². The number of aromatic nitrogens is 1. The zero-order valence-electron chi connectivity index (χ0n) is 7.11. The van der Waals surface area contributed by atoms with Gasteiger partial charge in [-0.25, -0.2) is 0 Å². The number of alkyl halides is 1. The topological polar surface area (TPSA) is 12.9 Å². The molecule has 0 radical (unpaired) electrons. The number of aryl methyl sites for hydroxylation is 3. The molecule has 11 heavy (non-hydrogen) atoms. The Morgan fingerprint density at radius 1 is 1.27 bits per heavy atom. The summed E-state index contributed by atoms with van der Waals surface area (Å²) in [7, 11) is 0. The minimum Gasteiger partial charge on any atom is -0.257 e. The van der Waals surface area contributed by atoms with Gasteiger partial charge in [0.25, 0.3) is 0 Å². The molecule has 1 nitrogen and oxygen atoms in total. The van der Waals surface area contributed by atoms with Gasteiger partial charge < -0.3 is 0 Å². The predicted octanol–water partition coefficient (Wildman–Crippen LogP) is 2.90. The van der Waals surface area contributed by atoms with Gasteiger partial charge in [-0.1, -0.05) is 22.0 Å². The summed E-state index contributed by atoms with van der Waals surface area (Å²) in [6.45, 7) is 6.23. The van der Waals surface area contributed by atoms with Crippen LogP contribution in [0.3, 0.4) is 0 Å². The standard InChI is InChI=1S/C9H12BrN/c1-6-4-7(2)9(5-10)11-8(6)3/h4H,5H2,1-3H3. The highest BCUT2D eigenvalue weighted by atomic mass is 79.9. The number of nitrogens with zero attached hydrogens (tertiary/aromatic N) is 1. The number of halogens is 1. The first-order valence-corrected chi connectivity index (χ1v) is 4.77. The quantitative estimate of drug-likeness (QED) is 0.655. The van der Waals surface area contributed by atoms with E-state index in [0.717, 1.165) is 16.7 Å². The molecular weight excluding hydrogens is 202 g/mol. The minimum absolute atomic E-state index is 0.847. The Morgan fingerprint density at radius 3 is 2.45 bits per heavy atom. The second-order valence-corrected chi connectivity index (χ2v) is 3.35. The van der Waals surface area contributed by atoms with Gasteiger partial charge in [0, 0.05) is 11.0 Å². The van der Waals surface area contributed by atoms with Crippen LogP contribution < -0.4 is 0 Å². The molecule has 0 fully saturated rings. The minimum atomic E-state index is 0.847. The third-order valence-electron chi connectivity index (χ3n) is 1.89. The molecule has 0 unspecified atom stereocenters. The fourth-order valence-corrected chi connectivity index (χ4v) is 1.59. The van der Waals surface area contributed by atoms with Gasteiger partial charge in [-0.3, -0.25) is 4.98 Å². The lowest BCUT2D eigenvalue weighted by atomic mass is 10.1.